The van der Waals surface area contributed by atoms with Crippen molar-refractivity contribution >= 4 is 11.3 Å². The van der Waals surface area contributed by atoms with Gasteiger partial charge in [0.15, 0.2) is 0 Å². The van der Waals surface area contributed by atoms with Crippen molar-refractivity contribution in [3.63, 3.8) is 0 Å². The smallest absolute Gasteiger partial charge is 0.116 e. The van der Waals surface area contributed by atoms with E-state index in [1.807, 2.05) is 35.6 Å². The number of rotatable bonds is 5. The molecule has 0 fully saturated rings. The number of nitrogens with zero attached hydrogens (tertiary/aromatic N) is 6. The van der Waals surface area contributed by atoms with Crippen LogP contribution in [-0.2, 0) is 19.5 Å². The molecule has 0 atom stereocenters. The van der Waals surface area contributed by atoms with Crippen LogP contribution < -0.4 is 0 Å². The van der Waals surface area contributed by atoms with E-state index < -0.39 is 0 Å². The maximum atomic E-state index is 4.56. The molecular formula is C15H20N6S. The van der Waals surface area contributed by atoms with Crippen molar-refractivity contribution in [1.82, 2.24) is 29.8 Å². The summed E-state index contributed by atoms with van der Waals surface area (Å²) in [5.41, 5.74) is 4.06. The number of thiazole rings is 1. The highest BCUT2D eigenvalue weighted by atomic mass is 32.1. The minimum absolute atomic E-state index is 0.725. The molecule has 116 valence electrons. The summed E-state index contributed by atoms with van der Waals surface area (Å²) in [6, 6.07) is 0. The maximum Gasteiger partial charge on any atom is 0.116 e. The molecule has 0 unspecified atom stereocenters. The van der Waals surface area contributed by atoms with Crippen LogP contribution in [0.4, 0.5) is 0 Å². The van der Waals surface area contributed by atoms with Crippen LogP contribution in [-0.4, -0.2) is 29.8 Å². The highest BCUT2D eigenvalue weighted by Crippen LogP contribution is 2.22. The van der Waals surface area contributed by atoms with Gasteiger partial charge in [-0.3, -0.25) is 4.68 Å². The van der Waals surface area contributed by atoms with E-state index in [-0.39, 0.29) is 0 Å². The van der Waals surface area contributed by atoms with Crippen LogP contribution in [0.3, 0.4) is 0 Å². The van der Waals surface area contributed by atoms with Gasteiger partial charge in [0.25, 0.3) is 0 Å². The van der Waals surface area contributed by atoms with Gasteiger partial charge in [0.05, 0.1) is 29.1 Å². The van der Waals surface area contributed by atoms with Gasteiger partial charge in [-0.1, -0.05) is 12.1 Å². The minimum Gasteiger partial charge on any atom is -0.272 e. The molecule has 0 amide bonds. The zero-order valence-electron chi connectivity index (χ0n) is 13.4. The van der Waals surface area contributed by atoms with E-state index in [0.29, 0.717) is 0 Å². The van der Waals surface area contributed by atoms with E-state index in [1.165, 1.54) is 4.88 Å². The molecule has 3 heterocycles. The van der Waals surface area contributed by atoms with E-state index in [4.69, 9.17) is 0 Å². The highest BCUT2D eigenvalue weighted by Gasteiger charge is 2.13. The standard InChI is InChI=1S/C15H20N6S/c1-5-13-15(22-11(4)16-13)9-21-8-14(17-19-21)12-7-20(6-2)18-10(12)3/h7-8H,5-6,9H2,1-4H3. The SMILES string of the molecule is CCc1nc(C)sc1Cn1cc(-c2cn(CC)nc2C)nn1. The van der Waals surface area contributed by atoms with Crippen LogP contribution in [0.25, 0.3) is 11.3 Å². The predicted molar refractivity (Wildman–Crippen MR) is 87.0 cm³/mol. The summed E-state index contributed by atoms with van der Waals surface area (Å²) >= 11 is 1.73. The third kappa shape index (κ3) is 2.81. The van der Waals surface area contributed by atoms with E-state index in [1.54, 1.807) is 11.3 Å². The predicted octanol–water partition coefficient (Wildman–Crippen LogP) is 2.85. The van der Waals surface area contributed by atoms with Crippen LogP contribution in [0, 0.1) is 13.8 Å². The van der Waals surface area contributed by atoms with Crippen LogP contribution in [0.15, 0.2) is 12.4 Å². The Morgan fingerprint density at radius 3 is 2.64 bits per heavy atom. The maximum absolute atomic E-state index is 4.56. The van der Waals surface area contributed by atoms with Crippen LogP contribution in [0.1, 0.15) is 35.1 Å². The summed E-state index contributed by atoms with van der Waals surface area (Å²) in [4.78, 5) is 5.82. The molecule has 0 aliphatic rings. The lowest BCUT2D eigenvalue weighted by atomic mass is 10.2. The summed E-state index contributed by atoms with van der Waals surface area (Å²) in [7, 11) is 0. The molecular weight excluding hydrogens is 296 g/mol. The summed E-state index contributed by atoms with van der Waals surface area (Å²) in [5, 5.41) is 14.1. The number of aromatic nitrogens is 6. The van der Waals surface area contributed by atoms with Crippen LogP contribution in [0.2, 0.25) is 0 Å². The van der Waals surface area contributed by atoms with Gasteiger partial charge in [0, 0.05) is 23.2 Å². The van der Waals surface area contributed by atoms with Crippen LogP contribution in [0.5, 0.6) is 0 Å². The number of aryl methyl sites for hydroxylation is 4. The Morgan fingerprint density at radius 2 is 1.95 bits per heavy atom. The lowest BCUT2D eigenvalue weighted by molar-refractivity contribution is 0.651. The molecule has 6 nitrogen and oxygen atoms in total. The van der Waals surface area contributed by atoms with Gasteiger partial charge in [-0.15, -0.1) is 16.4 Å². The third-order valence-corrected chi connectivity index (χ3v) is 4.61. The first-order valence-electron chi connectivity index (χ1n) is 7.50. The first-order valence-corrected chi connectivity index (χ1v) is 8.32. The Labute approximate surface area is 133 Å². The Bertz CT molecular complexity index is 782. The van der Waals surface area contributed by atoms with Gasteiger partial charge >= 0.3 is 0 Å². The quantitative estimate of drug-likeness (QED) is 0.726. The van der Waals surface area contributed by atoms with Gasteiger partial charge in [-0.25, -0.2) is 9.67 Å². The van der Waals surface area contributed by atoms with Crippen molar-refractivity contribution in [2.45, 2.75) is 47.2 Å². The second-order valence-corrected chi connectivity index (χ2v) is 6.53. The summed E-state index contributed by atoms with van der Waals surface area (Å²) in [5.74, 6) is 0. The fourth-order valence-corrected chi connectivity index (χ4v) is 3.51. The number of hydrogen-bond donors (Lipinski definition) is 0. The third-order valence-electron chi connectivity index (χ3n) is 3.61. The second-order valence-electron chi connectivity index (χ2n) is 5.24. The van der Waals surface area contributed by atoms with E-state index >= 15 is 0 Å². The molecule has 0 aliphatic heterocycles. The second kappa shape index (κ2) is 6.00. The van der Waals surface area contributed by atoms with Gasteiger partial charge in [0.2, 0.25) is 0 Å². The lowest BCUT2D eigenvalue weighted by Crippen LogP contribution is -2.01. The zero-order valence-corrected chi connectivity index (χ0v) is 14.2. The highest BCUT2D eigenvalue weighted by molar-refractivity contribution is 7.11. The normalized spacial score (nSPS) is 11.3. The van der Waals surface area contributed by atoms with E-state index in [2.05, 4.69) is 34.2 Å². The molecule has 7 heteroatoms. The van der Waals surface area contributed by atoms with Gasteiger partial charge in [-0.05, 0) is 27.2 Å². The molecule has 0 saturated carbocycles. The monoisotopic (exact) mass is 316 g/mol. The summed E-state index contributed by atoms with van der Waals surface area (Å²) in [6.07, 6.45) is 4.96. The average Bonchev–Trinajstić information content (AvgIpc) is 3.18. The summed E-state index contributed by atoms with van der Waals surface area (Å²) < 4.78 is 3.80. The molecule has 3 rings (SSSR count). The first kappa shape index (κ1) is 14.9. The molecule has 3 aromatic rings. The summed E-state index contributed by atoms with van der Waals surface area (Å²) in [6.45, 7) is 9.83. The van der Waals surface area contributed by atoms with E-state index in [0.717, 1.165) is 47.2 Å². The van der Waals surface area contributed by atoms with Gasteiger partial charge < -0.3 is 0 Å². The topological polar surface area (TPSA) is 61.4 Å². The molecule has 0 spiro atoms. The van der Waals surface area contributed by atoms with Crippen molar-refractivity contribution in [3.8, 4) is 11.3 Å². The Hall–Kier alpha value is -2.02. The van der Waals surface area contributed by atoms with Crippen molar-refractivity contribution in [3.05, 3.63) is 33.7 Å². The number of hydrogen-bond acceptors (Lipinski definition) is 5. The Kier molecular flexibility index (Phi) is 4.06. The first-order chi connectivity index (χ1) is 10.6. The average molecular weight is 316 g/mol. The lowest BCUT2D eigenvalue weighted by Gasteiger charge is -1.99. The molecule has 3 aromatic heterocycles. The fourth-order valence-electron chi connectivity index (χ4n) is 2.49. The van der Waals surface area contributed by atoms with Crippen molar-refractivity contribution in [2.24, 2.45) is 0 Å². The molecule has 0 saturated heterocycles. The van der Waals surface area contributed by atoms with E-state index in [9.17, 15) is 0 Å². The molecule has 22 heavy (non-hydrogen) atoms. The van der Waals surface area contributed by atoms with Crippen molar-refractivity contribution < 1.29 is 0 Å². The van der Waals surface area contributed by atoms with Crippen LogP contribution >= 0.6 is 11.3 Å². The van der Waals surface area contributed by atoms with Crippen molar-refractivity contribution in [2.75, 3.05) is 0 Å². The molecule has 0 aliphatic carbocycles. The Balaban J connectivity index is 1.85. The van der Waals surface area contributed by atoms with Gasteiger partial charge in [-0.2, -0.15) is 5.10 Å². The largest absolute Gasteiger partial charge is 0.272 e. The zero-order chi connectivity index (χ0) is 15.7. The Morgan fingerprint density at radius 1 is 1.14 bits per heavy atom. The van der Waals surface area contributed by atoms with Crippen molar-refractivity contribution in [1.29, 1.82) is 0 Å². The minimum atomic E-state index is 0.725. The molecule has 0 aromatic carbocycles. The molecule has 0 radical (unpaired) electrons. The van der Waals surface area contributed by atoms with Gasteiger partial charge in [0.1, 0.15) is 5.69 Å². The fraction of sp³-hybridized carbons (Fsp3) is 0.467. The molecule has 0 bridgehead atoms. The molecule has 0 N–H and O–H groups in total.